The van der Waals surface area contributed by atoms with Crippen molar-refractivity contribution in [3.8, 4) is 0 Å². The van der Waals surface area contributed by atoms with Crippen molar-refractivity contribution in [1.82, 2.24) is 0 Å². The van der Waals surface area contributed by atoms with Crippen molar-refractivity contribution in [2.75, 3.05) is 25.6 Å². The fourth-order valence-corrected chi connectivity index (χ4v) is 2.30. The summed E-state index contributed by atoms with van der Waals surface area (Å²) < 4.78 is 19.0. The smallest absolute Gasteiger partial charge is 0.346 e. The van der Waals surface area contributed by atoms with Crippen LogP contribution in [0.4, 0.5) is 10.1 Å². The molecule has 1 aromatic carbocycles. The van der Waals surface area contributed by atoms with Gasteiger partial charge in [-0.3, -0.25) is 0 Å². The number of benzene rings is 1. The van der Waals surface area contributed by atoms with Gasteiger partial charge in [-0.2, -0.15) is 4.39 Å². The van der Waals surface area contributed by atoms with Crippen LogP contribution in [0.25, 0.3) is 10.9 Å². The van der Waals surface area contributed by atoms with Crippen LogP contribution >= 0.6 is 0 Å². The number of esters is 1. The van der Waals surface area contributed by atoms with E-state index in [1.54, 1.807) is 17.9 Å². The van der Waals surface area contributed by atoms with Gasteiger partial charge in [-0.05, 0) is 25.5 Å². The number of ether oxygens (including phenoxy) is 1. The van der Waals surface area contributed by atoms with Gasteiger partial charge in [0.2, 0.25) is 5.52 Å². The van der Waals surface area contributed by atoms with Crippen molar-refractivity contribution in [1.29, 1.82) is 0 Å². The average Bonchev–Trinajstić information content (AvgIpc) is 2.41. The number of aromatic nitrogens is 1. The minimum absolute atomic E-state index is 0.297. The molecule has 0 aliphatic carbocycles. The SMILES string of the molecule is CCOC(=O)c1c[nH+]c2c(F)ccc(C)c2c1N(C)C. The van der Waals surface area contributed by atoms with Gasteiger partial charge in [0.15, 0.2) is 12.0 Å². The number of pyridine rings is 1. The molecule has 1 N–H and O–H groups in total. The molecule has 106 valence electrons. The Morgan fingerprint density at radius 1 is 1.40 bits per heavy atom. The maximum Gasteiger partial charge on any atom is 0.346 e. The molecule has 0 bridgehead atoms. The summed E-state index contributed by atoms with van der Waals surface area (Å²) in [6.07, 6.45) is 1.50. The molecule has 4 nitrogen and oxygen atoms in total. The van der Waals surface area contributed by atoms with Gasteiger partial charge in [0.1, 0.15) is 5.56 Å². The molecule has 0 saturated carbocycles. The van der Waals surface area contributed by atoms with Crippen molar-refractivity contribution in [2.24, 2.45) is 0 Å². The Labute approximate surface area is 117 Å². The van der Waals surface area contributed by atoms with E-state index < -0.39 is 5.97 Å². The number of halogens is 1. The topological polar surface area (TPSA) is 43.7 Å². The van der Waals surface area contributed by atoms with E-state index in [-0.39, 0.29) is 5.82 Å². The third kappa shape index (κ3) is 2.31. The summed E-state index contributed by atoms with van der Waals surface area (Å²) in [7, 11) is 3.64. The molecule has 5 heteroatoms. The van der Waals surface area contributed by atoms with Crippen LogP contribution in [0, 0.1) is 12.7 Å². The maximum atomic E-state index is 13.9. The number of hydrogen-bond donors (Lipinski definition) is 0. The average molecular weight is 277 g/mol. The molecule has 2 rings (SSSR count). The second-order valence-electron chi connectivity index (χ2n) is 4.78. The summed E-state index contributed by atoms with van der Waals surface area (Å²) in [5.74, 6) is -0.762. The number of H-pyrrole nitrogens is 1. The number of anilines is 1. The first-order chi connectivity index (χ1) is 9.47. The lowest BCUT2D eigenvalue weighted by Gasteiger charge is -2.18. The number of hydrogen-bond acceptors (Lipinski definition) is 3. The fourth-order valence-electron chi connectivity index (χ4n) is 2.30. The molecule has 0 unspecified atom stereocenters. The van der Waals surface area contributed by atoms with Crippen LogP contribution in [-0.4, -0.2) is 26.7 Å². The van der Waals surface area contributed by atoms with E-state index >= 15 is 0 Å². The van der Waals surface area contributed by atoms with Gasteiger partial charge in [0.25, 0.3) is 0 Å². The number of nitrogens with zero attached hydrogens (tertiary/aromatic N) is 1. The van der Waals surface area contributed by atoms with E-state index in [0.29, 0.717) is 28.8 Å². The highest BCUT2D eigenvalue weighted by Gasteiger charge is 2.24. The van der Waals surface area contributed by atoms with Crippen LogP contribution in [0.3, 0.4) is 0 Å². The number of fused-ring (bicyclic) bond motifs is 1. The quantitative estimate of drug-likeness (QED) is 0.809. The fraction of sp³-hybridized carbons (Fsp3) is 0.333. The Balaban J connectivity index is 2.82. The molecule has 0 saturated heterocycles. The summed E-state index contributed by atoms with van der Waals surface area (Å²) in [5, 5.41) is 0.695. The summed E-state index contributed by atoms with van der Waals surface area (Å²) >= 11 is 0. The molecular weight excluding hydrogens is 259 g/mol. The van der Waals surface area contributed by atoms with Crippen molar-refractivity contribution >= 4 is 22.6 Å². The van der Waals surface area contributed by atoms with Gasteiger partial charge >= 0.3 is 5.97 Å². The number of nitrogens with one attached hydrogen (secondary N) is 1. The first-order valence-electron chi connectivity index (χ1n) is 6.45. The molecule has 0 fully saturated rings. The highest BCUT2D eigenvalue weighted by atomic mass is 19.1. The number of rotatable bonds is 3. The zero-order chi connectivity index (χ0) is 14.9. The monoisotopic (exact) mass is 277 g/mol. The molecule has 0 aliphatic rings. The lowest BCUT2D eigenvalue weighted by molar-refractivity contribution is -0.346. The van der Waals surface area contributed by atoms with E-state index in [4.69, 9.17) is 4.74 Å². The molecule has 0 amide bonds. The molecule has 2 aromatic rings. The van der Waals surface area contributed by atoms with Crippen LogP contribution in [-0.2, 0) is 4.74 Å². The standard InChI is InChI=1S/C15H17FN2O2/c1-5-20-15(19)10-8-17-13-11(16)7-6-9(2)12(13)14(10)18(3)4/h6-8H,5H2,1-4H3/p+1. The van der Waals surface area contributed by atoms with Crippen LogP contribution in [0.15, 0.2) is 18.3 Å². The Bertz CT molecular complexity index is 668. The Kier molecular flexibility index (Phi) is 3.88. The Morgan fingerprint density at radius 2 is 2.10 bits per heavy atom. The van der Waals surface area contributed by atoms with E-state index in [9.17, 15) is 9.18 Å². The van der Waals surface area contributed by atoms with Crippen LogP contribution < -0.4 is 9.88 Å². The first-order valence-corrected chi connectivity index (χ1v) is 6.45. The molecule has 20 heavy (non-hydrogen) atoms. The van der Waals surface area contributed by atoms with Gasteiger partial charge in [-0.15, -0.1) is 0 Å². The van der Waals surface area contributed by atoms with Crippen molar-refractivity contribution < 1.29 is 18.9 Å². The van der Waals surface area contributed by atoms with E-state index in [2.05, 4.69) is 4.98 Å². The third-order valence-electron chi connectivity index (χ3n) is 3.16. The summed E-state index contributed by atoms with van der Waals surface area (Å²) in [5.41, 5.74) is 2.35. The second-order valence-corrected chi connectivity index (χ2v) is 4.78. The molecule has 1 heterocycles. The normalized spacial score (nSPS) is 10.7. The molecule has 0 spiro atoms. The summed E-state index contributed by atoms with van der Waals surface area (Å²) in [4.78, 5) is 16.7. The zero-order valence-electron chi connectivity index (χ0n) is 12.1. The lowest BCUT2D eigenvalue weighted by atomic mass is 10.0. The predicted molar refractivity (Wildman–Crippen MR) is 75.5 cm³/mol. The summed E-state index contributed by atoms with van der Waals surface area (Å²) in [6, 6.07) is 3.12. The summed E-state index contributed by atoms with van der Waals surface area (Å²) in [6.45, 7) is 3.94. The maximum absolute atomic E-state index is 13.9. The Hall–Kier alpha value is -2.17. The van der Waals surface area contributed by atoms with E-state index in [1.165, 1.54) is 12.3 Å². The van der Waals surface area contributed by atoms with Gasteiger partial charge in [-0.25, -0.2) is 9.78 Å². The molecule has 0 atom stereocenters. The number of carbonyl (C=O) groups excluding carboxylic acids is 1. The van der Waals surface area contributed by atoms with Crippen LogP contribution in [0.5, 0.6) is 0 Å². The van der Waals surface area contributed by atoms with Crippen molar-refractivity contribution in [3.05, 3.63) is 35.3 Å². The highest BCUT2D eigenvalue weighted by molar-refractivity contribution is 6.05. The molecule has 1 aromatic heterocycles. The number of aryl methyl sites for hydroxylation is 1. The zero-order valence-corrected chi connectivity index (χ0v) is 12.1. The Morgan fingerprint density at radius 3 is 2.70 bits per heavy atom. The largest absolute Gasteiger partial charge is 0.462 e. The van der Waals surface area contributed by atoms with Gasteiger partial charge in [-0.1, -0.05) is 6.07 Å². The van der Waals surface area contributed by atoms with Gasteiger partial charge in [0, 0.05) is 14.1 Å². The van der Waals surface area contributed by atoms with Crippen LogP contribution in [0.1, 0.15) is 22.8 Å². The third-order valence-corrected chi connectivity index (χ3v) is 3.16. The van der Waals surface area contributed by atoms with Gasteiger partial charge in [0.05, 0.1) is 17.7 Å². The minimum atomic E-state index is -0.419. The molecular formula is C15H18FN2O2+. The van der Waals surface area contributed by atoms with Crippen molar-refractivity contribution in [2.45, 2.75) is 13.8 Å². The number of carbonyl (C=O) groups is 1. The molecule has 0 radical (unpaired) electrons. The second kappa shape index (κ2) is 5.45. The van der Waals surface area contributed by atoms with E-state index in [0.717, 1.165) is 5.56 Å². The van der Waals surface area contributed by atoms with Gasteiger partial charge < -0.3 is 9.64 Å². The first kappa shape index (κ1) is 14.2. The van der Waals surface area contributed by atoms with E-state index in [1.807, 2.05) is 21.0 Å². The predicted octanol–water partition coefficient (Wildman–Crippen LogP) is 2.34. The lowest BCUT2D eigenvalue weighted by Crippen LogP contribution is -2.21. The highest BCUT2D eigenvalue weighted by Crippen LogP contribution is 2.31. The van der Waals surface area contributed by atoms with Crippen LogP contribution in [0.2, 0.25) is 0 Å². The van der Waals surface area contributed by atoms with Crippen molar-refractivity contribution in [3.63, 3.8) is 0 Å². The molecule has 0 aliphatic heterocycles. The minimum Gasteiger partial charge on any atom is -0.462 e. The number of aromatic amines is 1.